The van der Waals surface area contributed by atoms with Crippen molar-refractivity contribution in [3.63, 3.8) is 0 Å². The highest BCUT2D eigenvalue weighted by Gasteiger charge is 2.13. The van der Waals surface area contributed by atoms with E-state index in [9.17, 15) is 4.79 Å². The van der Waals surface area contributed by atoms with E-state index in [1.807, 2.05) is 11.4 Å². The molecule has 5 heteroatoms. The van der Waals surface area contributed by atoms with Gasteiger partial charge in [0.2, 0.25) is 0 Å². The lowest BCUT2D eigenvalue weighted by Gasteiger charge is -1.99. The Kier molecular flexibility index (Phi) is 2.98. The molecule has 0 amide bonds. The van der Waals surface area contributed by atoms with Crippen molar-refractivity contribution in [1.82, 2.24) is 0 Å². The van der Waals surface area contributed by atoms with E-state index in [0.717, 1.165) is 17.2 Å². The van der Waals surface area contributed by atoms with Gasteiger partial charge in [0, 0.05) is 17.9 Å². The van der Waals surface area contributed by atoms with Gasteiger partial charge in [-0.1, -0.05) is 0 Å². The highest BCUT2D eigenvalue weighted by atomic mass is 127. The molecule has 0 radical (unpaired) electrons. The van der Waals surface area contributed by atoms with Crippen molar-refractivity contribution in [2.24, 2.45) is 0 Å². The molecule has 14 heavy (non-hydrogen) atoms. The highest BCUT2D eigenvalue weighted by Crippen LogP contribution is 2.33. The molecule has 2 aromatic rings. The first-order valence-electron chi connectivity index (χ1n) is 3.69. The second-order valence-corrected chi connectivity index (χ2v) is 5.89. The molecule has 0 saturated carbocycles. The molecule has 0 spiro atoms. The first-order chi connectivity index (χ1) is 6.61. The Hall–Kier alpha value is 0.110. The van der Waals surface area contributed by atoms with Gasteiger partial charge in [-0.3, -0.25) is 0 Å². The molecule has 0 aliphatic carbocycles. The third kappa shape index (κ3) is 1.65. The molecule has 1 aromatic heterocycles. The summed E-state index contributed by atoms with van der Waals surface area (Å²) in [7, 11) is 0. The molecule has 1 N–H and O–H groups in total. The minimum Gasteiger partial charge on any atom is -0.478 e. The zero-order valence-electron chi connectivity index (χ0n) is 6.75. The second kappa shape index (κ2) is 3.93. The first-order valence-corrected chi connectivity index (χ1v) is 6.73. The lowest BCUT2D eigenvalue weighted by molar-refractivity contribution is 0.0699. The minimum absolute atomic E-state index is 0.397. The Bertz CT molecular complexity index is 519. The van der Waals surface area contributed by atoms with Gasteiger partial charge in [0.15, 0.2) is 0 Å². The maximum Gasteiger partial charge on any atom is 0.337 e. The van der Waals surface area contributed by atoms with E-state index in [0.29, 0.717) is 5.56 Å². The SMILES string of the molecule is O=C(O)c1ccc(I)c2c(I)csc12. The number of carbonyl (C=O) groups is 1. The number of halogens is 2. The summed E-state index contributed by atoms with van der Waals surface area (Å²) in [5.41, 5.74) is 0.397. The molecule has 2 nitrogen and oxygen atoms in total. The van der Waals surface area contributed by atoms with Gasteiger partial charge in [0.25, 0.3) is 0 Å². The third-order valence-corrected chi connectivity index (χ3v) is 5.04. The summed E-state index contributed by atoms with van der Waals surface area (Å²) in [5, 5.41) is 12.0. The van der Waals surface area contributed by atoms with Crippen molar-refractivity contribution in [2.75, 3.05) is 0 Å². The van der Waals surface area contributed by atoms with Crippen LogP contribution in [0, 0.1) is 7.14 Å². The second-order valence-electron chi connectivity index (χ2n) is 2.69. The molecule has 0 fully saturated rings. The molecule has 0 atom stereocenters. The predicted octanol–water partition coefficient (Wildman–Crippen LogP) is 3.81. The highest BCUT2D eigenvalue weighted by molar-refractivity contribution is 14.1. The van der Waals surface area contributed by atoms with Crippen LogP contribution in [0.15, 0.2) is 17.5 Å². The maximum absolute atomic E-state index is 10.9. The molecular formula is C9H4I2O2S. The van der Waals surface area contributed by atoms with Crippen molar-refractivity contribution in [1.29, 1.82) is 0 Å². The Morgan fingerprint density at radius 1 is 1.29 bits per heavy atom. The molecule has 0 bridgehead atoms. The molecule has 0 unspecified atom stereocenters. The van der Waals surface area contributed by atoms with Crippen LogP contribution in [0.1, 0.15) is 10.4 Å². The maximum atomic E-state index is 10.9. The van der Waals surface area contributed by atoms with Crippen LogP contribution in [0.4, 0.5) is 0 Å². The molecule has 0 aliphatic rings. The Morgan fingerprint density at radius 2 is 2.00 bits per heavy atom. The van der Waals surface area contributed by atoms with E-state index >= 15 is 0 Å². The van der Waals surface area contributed by atoms with Gasteiger partial charge >= 0.3 is 5.97 Å². The van der Waals surface area contributed by atoms with Crippen LogP contribution < -0.4 is 0 Å². The Balaban J connectivity index is 2.90. The van der Waals surface area contributed by atoms with Crippen molar-refractivity contribution in [2.45, 2.75) is 0 Å². The van der Waals surface area contributed by atoms with Crippen LogP contribution in [-0.2, 0) is 0 Å². The number of aromatic carboxylic acids is 1. The summed E-state index contributed by atoms with van der Waals surface area (Å²) in [6, 6.07) is 3.51. The van der Waals surface area contributed by atoms with Crippen LogP contribution in [-0.4, -0.2) is 11.1 Å². The van der Waals surface area contributed by atoms with E-state index in [1.165, 1.54) is 11.3 Å². The number of benzene rings is 1. The van der Waals surface area contributed by atoms with Crippen molar-refractivity contribution in [3.8, 4) is 0 Å². The summed E-state index contributed by atoms with van der Waals surface area (Å²) in [5.74, 6) is -0.857. The van der Waals surface area contributed by atoms with Gasteiger partial charge in [0.1, 0.15) is 0 Å². The largest absolute Gasteiger partial charge is 0.478 e. The lowest BCUT2D eigenvalue weighted by Crippen LogP contribution is -1.96. The van der Waals surface area contributed by atoms with Gasteiger partial charge in [-0.25, -0.2) is 4.79 Å². The molecule has 72 valence electrons. The first kappa shape index (κ1) is 10.6. The van der Waals surface area contributed by atoms with E-state index in [1.54, 1.807) is 6.07 Å². The number of carboxylic acid groups (broad SMARTS) is 1. The van der Waals surface area contributed by atoms with Gasteiger partial charge in [-0.05, 0) is 57.3 Å². The zero-order chi connectivity index (χ0) is 10.3. The lowest BCUT2D eigenvalue weighted by atomic mass is 10.2. The van der Waals surface area contributed by atoms with Gasteiger partial charge < -0.3 is 5.11 Å². The zero-order valence-corrected chi connectivity index (χ0v) is 11.9. The van der Waals surface area contributed by atoms with Gasteiger partial charge in [-0.2, -0.15) is 0 Å². The minimum atomic E-state index is -0.857. The average molecular weight is 430 g/mol. The average Bonchev–Trinajstić information content (AvgIpc) is 2.49. The van der Waals surface area contributed by atoms with E-state index in [4.69, 9.17) is 5.11 Å². The predicted molar refractivity (Wildman–Crippen MR) is 74.2 cm³/mol. The molecule has 0 aliphatic heterocycles. The van der Waals surface area contributed by atoms with Gasteiger partial charge in [0.05, 0.1) is 10.3 Å². The third-order valence-electron chi connectivity index (χ3n) is 1.86. The van der Waals surface area contributed by atoms with Crippen LogP contribution >= 0.6 is 56.5 Å². The van der Waals surface area contributed by atoms with Crippen LogP contribution in [0.3, 0.4) is 0 Å². The monoisotopic (exact) mass is 430 g/mol. The number of fused-ring (bicyclic) bond motifs is 1. The van der Waals surface area contributed by atoms with Crippen LogP contribution in [0.25, 0.3) is 10.1 Å². The topological polar surface area (TPSA) is 37.3 Å². The van der Waals surface area contributed by atoms with E-state index in [-0.39, 0.29) is 0 Å². The fourth-order valence-corrected chi connectivity index (χ4v) is 4.76. The Labute approximate surface area is 112 Å². The standard InChI is InChI=1S/C9H4I2O2S/c10-5-2-1-4(9(12)13)8-7(5)6(11)3-14-8/h1-3H,(H,12,13). The van der Waals surface area contributed by atoms with E-state index in [2.05, 4.69) is 45.2 Å². The smallest absolute Gasteiger partial charge is 0.337 e. The molecule has 2 rings (SSSR count). The number of carboxylic acids is 1. The van der Waals surface area contributed by atoms with Crippen LogP contribution in [0.2, 0.25) is 0 Å². The summed E-state index contributed by atoms with van der Waals surface area (Å²) >= 11 is 5.95. The fraction of sp³-hybridized carbons (Fsp3) is 0. The molecule has 0 saturated heterocycles. The molecule has 1 heterocycles. The quantitative estimate of drug-likeness (QED) is 0.700. The van der Waals surface area contributed by atoms with Crippen molar-refractivity contribution in [3.05, 3.63) is 30.2 Å². The molecular weight excluding hydrogens is 426 g/mol. The summed E-state index contributed by atoms with van der Waals surface area (Å²) in [4.78, 5) is 10.9. The van der Waals surface area contributed by atoms with Crippen LogP contribution in [0.5, 0.6) is 0 Å². The number of hydrogen-bond donors (Lipinski definition) is 1. The number of thiophene rings is 1. The fourth-order valence-electron chi connectivity index (χ4n) is 1.24. The summed E-state index contributed by atoms with van der Waals surface area (Å²) < 4.78 is 3.09. The number of rotatable bonds is 1. The normalized spacial score (nSPS) is 10.7. The summed E-state index contributed by atoms with van der Waals surface area (Å²) in [6.07, 6.45) is 0. The number of hydrogen-bond acceptors (Lipinski definition) is 2. The molecule has 1 aromatic carbocycles. The van der Waals surface area contributed by atoms with Crippen molar-refractivity contribution < 1.29 is 9.90 Å². The van der Waals surface area contributed by atoms with E-state index < -0.39 is 5.97 Å². The van der Waals surface area contributed by atoms with Gasteiger partial charge in [-0.15, -0.1) is 11.3 Å². The summed E-state index contributed by atoms with van der Waals surface area (Å²) in [6.45, 7) is 0. The van der Waals surface area contributed by atoms with Crippen molar-refractivity contribution >= 4 is 72.6 Å². The Morgan fingerprint density at radius 3 is 2.64 bits per heavy atom.